The van der Waals surface area contributed by atoms with E-state index in [4.69, 9.17) is 9.84 Å². The lowest BCUT2D eigenvalue weighted by molar-refractivity contribution is 0.102. The molecule has 0 unspecified atom stereocenters. The number of hydrogen-bond acceptors (Lipinski definition) is 5. The van der Waals surface area contributed by atoms with Crippen LogP contribution >= 0.6 is 0 Å². The molecule has 1 aromatic carbocycles. The topological polar surface area (TPSA) is 83.5 Å². The third-order valence-electron chi connectivity index (χ3n) is 3.51. The normalized spacial score (nSPS) is 10.2. The first kappa shape index (κ1) is 17.7. The first-order valence-corrected chi connectivity index (χ1v) is 7.99. The Labute approximate surface area is 141 Å². The zero-order valence-corrected chi connectivity index (χ0v) is 13.8. The van der Waals surface area contributed by atoms with Crippen molar-refractivity contribution in [3.05, 3.63) is 48.2 Å². The predicted octanol–water partition coefficient (Wildman–Crippen LogP) is 2.92. The van der Waals surface area contributed by atoms with Crippen LogP contribution in [0.3, 0.4) is 0 Å². The number of carbonyl (C=O) groups excluding carboxylic acids is 1. The van der Waals surface area contributed by atoms with Gasteiger partial charge >= 0.3 is 0 Å². The van der Waals surface area contributed by atoms with Crippen molar-refractivity contribution in [2.75, 3.05) is 30.9 Å². The third-order valence-corrected chi connectivity index (χ3v) is 3.51. The van der Waals surface area contributed by atoms with Gasteiger partial charge in [0.05, 0.1) is 19.0 Å². The number of rotatable bonds is 9. The maximum Gasteiger partial charge on any atom is 0.255 e. The van der Waals surface area contributed by atoms with Crippen molar-refractivity contribution in [2.24, 2.45) is 0 Å². The van der Waals surface area contributed by atoms with Crippen LogP contribution in [0.2, 0.25) is 0 Å². The standard InChI is InChI=1S/C18H23N3O3/c1-24-16-8-5-14(6-9-16)18(23)21-15-7-10-17(20-13-15)19-11-3-2-4-12-22/h5-10,13,22H,2-4,11-12H2,1H3,(H,19,20)(H,21,23). The van der Waals surface area contributed by atoms with Crippen molar-refractivity contribution in [1.29, 1.82) is 0 Å². The molecule has 0 spiro atoms. The van der Waals surface area contributed by atoms with Gasteiger partial charge in [-0.15, -0.1) is 0 Å². The number of hydrogen-bond donors (Lipinski definition) is 3. The molecule has 128 valence electrons. The van der Waals surface area contributed by atoms with Gasteiger partial charge in [0.1, 0.15) is 11.6 Å². The van der Waals surface area contributed by atoms with Crippen molar-refractivity contribution in [3.63, 3.8) is 0 Å². The van der Waals surface area contributed by atoms with Gasteiger partial charge in [0.15, 0.2) is 0 Å². The Morgan fingerprint density at radius 2 is 1.92 bits per heavy atom. The zero-order chi connectivity index (χ0) is 17.2. The van der Waals surface area contributed by atoms with E-state index in [-0.39, 0.29) is 12.5 Å². The van der Waals surface area contributed by atoms with Crippen LogP contribution in [0.15, 0.2) is 42.6 Å². The van der Waals surface area contributed by atoms with E-state index in [1.54, 1.807) is 37.6 Å². The Kier molecular flexibility index (Phi) is 7.04. The number of carbonyl (C=O) groups is 1. The second-order valence-corrected chi connectivity index (χ2v) is 5.33. The van der Waals surface area contributed by atoms with E-state index in [0.717, 1.165) is 31.6 Å². The number of methoxy groups -OCH3 is 1. The van der Waals surface area contributed by atoms with E-state index in [9.17, 15) is 4.79 Å². The molecule has 6 nitrogen and oxygen atoms in total. The molecule has 0 saturated carbocycles. The van der Waals surface area contributed by atoms with Gasteiger partial charge in [-0.2, -0.15) is 0 Å². The van der Waals surface area contributed by atoms with Gasteiger partial charge in [-0.1, -0.05) is 0 Å². The minimum Gasteiger partial charge on any atom is -0.497 e. The number of aliphatic hydroxyl groups is 1. The van der Waals surface area contributed by atoms with Crippen molar-refractivity contribution < 1.29 is 14.6 Å². The van der Waals surface area contributed by atoms with Gasteiger partial charge in [-0.3, -0.25) is 4.79 Å². The summed E-state index contributed by atoms with van der Waals surface area (Å²) in [6.07, 6.45) is 4.42. The first-order valence-electron chi connectivity index (χ1n) is 7.99. The minimum absolute atomic E-state index is 0.191. The molecule has 0 aliphatic rings. The summed E-state index contributed by atoms with van der Waals surface area (Å²) in [5, 5.41) is 14.7. The van der Waals surface area contributed by atoms with E-state index in [1.807, 2.05) is 12.1 Å². The number of ether oxygens (including phenoxy) is 1. The molecule has 6 heteroatoms. The number of benzene rings is 1. The summed E-state index contributed by atoms with van der Waals surface area (Å²) in [7, 11) is 1.59. The molecular weight excluding hydrogens is 306 g/mol. The summed E-state index contributed by atoms with van der Waals surface area (Å²) < 4.78 is 5.07. The molecule has 24 heavy (non-hydrogen) atoms. The first-order chi connectivity index (χ1) is 11.7. The van der Waals surface area contributed by atoms with E-state index in [0.29, 0.717) is 17.0 Å². The number of aromatic nitrogens is 1. The lowest BCUT2D eigenvalue weighted by Crippen LogP contribution is -2.12. The van der Waals surface area contributed by atoms with Crippen LogP contribution in [0.1, 0.15) is 29.6 Å². The highest BCUT2D eigenvalue weighted by molar-refractivity contribution is 6.04. The Morgan fingerprint density at radius 3 is 2.54 bits per heavy atom. The number of pyridine rings is 1. The lowest BCUT2D eigenvalue weighted by atomic mass is 10.2. The Hall–Kier alpha value is -2.60. The molecule has 1 aromatic heterocycles. The summed E-state index contributed by atoms with van der Waals surface area (Å²) in [5.74, 6) is 1.29. The van der Waals surface area contributed by atoms with Gasteiger partial charge in [-0.05, 0) is 55.7 Å². The number of unbranched alkanes of at least 4 members (excludes halogenated alkanes) is 2. The van der Waals surface area contributed by atoms with Crippen LogP contribution in [-0.2, 0) is 0 Å². The SMILES string of the molecule is COc1ccc(C(=O)Nc2ccc(NCCCCCO)nc2)cc1. The average Bonchev–Trinajstić information content (AvgIpc) is 2.63. The number of aliphatic hydroxyl groups excluding tert-OH is 1. The summed E-state index contributed by atoms with van der Waals surface area (Å²) in [4.78, 5) is 16.4. The predicted molar refractivity (Wildman–Crippen MR) is 94.6 cm³/mol. The molecule has 0 aliphatic heterocycles. The lowest BCUT2D eigenvalue weighted by Gasteiger charge is -2.08. The van der Waals surface area contributed by atoms with Crippen molar-refractivity contribution in [2.45, 2.75) is 19.3 Å². The minimum atomic E-state index is -0.191. The van der Waals surface area contributed by atoms with Crippen LogP contribution in [0.25, 0.3) is 0 Å². The Balaban J connectivity index is 1.83. The highest BCUT2D eigenvalue weighted by Crippen LogP contribution is 2.14. The maximum atomic E-state index is 12.2. The van der Waals surface area contributed by atoms with E-state index < -0.39 is 0 Å². The highest BCUT2D eigenvalue weighted by atomic mass is 16.5. The van der Waals surface area contributed by atoms with Gasteiger partial charge in [0.2, 0.25) is 0 Å². The maximum absolute atomic E-state index is 12.2. The smallest absolute Gasteiger partial charge is 0.255 e. The average molecular weight is 329 g/mol. The fraction of sp³-hybridized carbons (Fsp3) is 0.333. The van der Waals surface area contributed by atoms with E-state index >= 15 is 0 Å². The van der Waals surface area contributed by atoms with Gasteiger partial charge in [0, 0.05) is 18.7 Å². The number of nitrogens with zero attached hydrogens (tertiary/aromatic N) is 1. The van der Waals surface area contributed by atoms with Gasteiger partial charge < -0.3 is 20.5 Å². The van der Waals surface area contributed by atoms with Crippen LogP contribution in [0.4, 0.5) is 11.5 Å². The largest absolute Gasteiger partial charge is 0.497 e. The second-order valence-electron chi connectivity index (χ2n) is 5.33. The summed E-state index contributed by atoms with van der Waals surface area (Å²) in [6.45, 7) is 1.05. The molecule has 0 saturated heterocycles. The van der Waals surface area contributed by atoms with Crippen LogP contribution in [0, 0.1) is 0 Å². The molecule has 0 radical (unpaired) electrons. The summed E-state index contributed by atoms with van der Waals surface area (Å²) >= 11 is 0. The van der Waals surface area contributed by atoms with Gasteiger partial charge in [-0.25, -0.2) is 4.98 Å². The fourth-order valence-electron chi connectivity index (χ4n) is 2.15. The molecule has 0 bridgehead atoms. The molecule has 1 amide bonds. The van der Waals surface area contributed by atoms with Crippen LogP contribution in [0.5, 0.6) is 5.75 Å². The molecule has 0 atom stereocenters. The number of nitrogens with one attached hydrogen (secondary N) is 2. The van der Waals surface area contributed by atoms with E-state index in [1.165, 1.54) is 0 Å². The van der Waals surface area contributed by atoms with Crippen molar-refractivity contribution >= 4 is 17.4 Å². The molecule has 2 rings (SSSR count). The van der Waals surface area contributed by atoms with Crippen LogP contribution < -0.4 is 15.4 Å². The number of amides is 1. The van der Waals surface area contributed by atoms with Crippen molar-refractivity contribution in [1.82, 2.24) is 4.98 Å². The molecule has 0 fully saturated rings. The zero-order valence-electron chi connectivity index (χ0n) is 13.8. The quantitative estimate of drug-likeness (QED) is 0.616. The third kappa shape index (κ3) is 5.55. The molecule has 0 aliphatic carbocycles. The molecule has 1 heterocycles. The Bertz CT molecular complexity index is 627. The highest BCUT2D eigenvalue weighted by Gasteiger charge is 2.06. The Morgan fingerprint density at radius 1 is 1.12 bits per heavy atom. The second kappa shape index (κ2) is 9.52. The van der Waals surface area contributed by atoms with Crippen LogP contribution in [-0.4, -0.2) is 36.3 Å². The van der Waals surface area contributed by atoms with E-state index in [2.05, 4.69) is 15.6 Å². The summed E-state index contributed by atoms with van der Waals surface area (Å²) in [5.41, 5.74) is 1.20. The van der Waals surface area contributed by atoms with Gasteiger partial charge in [0.25, 0.3) is 5.91 Å². The molecular formula is C18H23N3O3. The number of anilines is 2. The molecule has 2 aromatic rings. The monoisotopic (exact) mass is 329 g/mol. The fourth-order valence-corrected chi connectivity index (χ4v) is 2.15. The van der Waals surface area contributed by atoms with Crippen molar-refractivity contribution in [3.8, 4) is 5.75 Å². The summed E-state index contributed by atoms with van der Waals surface area (Å²) in [6, 6.07) is 10.6. The molecule has 3 N–H and O–H groups in total.